The van der Waals surface area contributed by atoms with Gasteiger partial charge in [0.05, 0.1) is 13.2 Å². The van der Waals surface area contributed by atoms with Gasteiger partial charge < -0.3 is 15.2 Å². The summed E-state index contributed by atoms with van der Waals surface area (Å²) in [5.41, 5.74) is 6.64. The fourth-order valence-electron chi connectivity index (χ4n) is 1.28. The molecule has 0 saturated carbocycles. The summed E-state index contributed by atoms with van der Waals surface area (Å²) >= 11 is 3.40. The molecule has 0 amide bonds. The van der Waals surface area contributed by atoms with Gasteiger partial charge in [0.15, 0.2) is 0 Å². The summed E-state index contributed by atoms with van der Waals surface area (Å²) in [6.07, 6.45) is 0.196. The largest absolute Gasteiger partial charge is 0.485 e. The molecule has 0 spiro atoms. The van der Waals surface area contributed by atoms with E-state index in [2.05, 4.69) is 15.9 Å². The Bertz CT molecular complexity index is 326. The van der Waals surface area contributed by atoms with Gasteiger partial charge in [-0.15, -0.1) is 0 Å². The van der Waals surface area contributed by atoms with E-state index < -0.39 is 0 Å². The normalized spacial score (nSPS) is 16.4. The Morgan fingerprint density at radius 3 is 2.86 bits per heavy atom. The number of halogens is 1. The third-order valence-corrected chi connectivity index (χ3v) is 2.64. The number of rotatable bonds is 3. The minimum atomic E-state index is 0.196. The Balaban J connectivity index is 2.14. The fourth-order valence-corrected chi connectivity index (χ4v) is 1.69. The second-order valence-corrected chi connectivity index (χ2v) is 4.15. The SMILES string of the molecule is NCc1cc(Br)ccc1OC1COC1. The van der Waals surface area contributed by atoms with Crippen molar-refractivity contribution in [3.8, 4) is 5.75 Å². The van der Waals surface area contributed by atoms with Crippen LogP contribution >= 0.6 is 15.9 Å². The molecular weight excluding hydrogens is 246 g/mol. The molecule has 2 rings (SSSR count). The van der Waals surface area contributed by atoms with Crippen molar-refractivity contribution >= 4 is 15.9 Å². The van der Waals surface area contributed by atoms with Crippen molar-refractivity contribution in [1.82, 2.24) is 0 Å². The van der Waals surface area contributed by atoms with Crippen molar-refractivity contribution in [2.24, 2.45) is 5.73 Å². The quantitative estimate of drug-likeness (QED) is 0.897. The van der Waals surface area contributed by atoms with Crippen molar-refractivity contribution in [1.29, 1.82) is 0 Å². The standard InChI is InChI=1S/C10H12BrNO2/c11-8-1-2-10(7(3-8)4-12)14-9-5-13-6-9/h1-3,9H,4-6,12H2. The van der Waals surface area contributed by atoms with Crippen LogP contribution in [-0.2, 0) is 11.3 Å². The van der Waals surface area contributed by atoms with E-state index in [0.717, 1.165) is 15.8 Å². The molecular formula is C10H12BrNO2. The topological polar surface area (TPSA) is 44.5 Å². The van der Waals surface area contributed by atoms with Crippen molar-refractivity contribution in [2.45, 2.75) is 12.6 Å². The molecule has 3 nitrogen and oxygen atoms in total. The molecule has 14 heavy (non-hydrogen) atoms. The van der Waals surface area contributed by atoms with Gasteiger partial charge in [0, 0.05) is 16.6 Å². The van der Waals surface area contributed by atoms with Crippen LogP contribution in [-0.4, -0.2) is 19.3 Å². The minimum absolute atomic E-state index is 0.196. The van der Waals surface area contributed by atoms with Crippen LogP contribution < -0.4 is 10.5 Å². The van der Waals surface area contributed by atoms with Crippen LogP contribution in [0.4, 0.5) is 0 Å². The number of nitrogens with two attached hydrogens (primary N) is 1. The van der Waals surface area contributed by atoms with E-state index >= 15 is 0 Å². The minimum Gasteiger partial charge on any atom is -0.485 e. The van der Waals surface area contributed by atoms with E-state index in [1.54, 1.807) is 0 Å². The van der Waals surface area contributed by atoms with Crippen molar-refractivity contribution < 1.29 is 9.47 Å². The molecule has 2 N–H and O–H groups in total. The van der Waals surface area contributed by atoms with E-state index in [9.17, 15) is 0 Å². The Morgan fingerprint density at radius 1 is 1.50 bits per heavy atom. The molecule has 0 radical (unpaired) electrons. The van der Waals surface area contributed by atoms with Crippen LogP contribution in [0.5, 0.6) is 5.75 Å². The lowest BCUT2D eigenvalue weighted by atomic mass is 10.2. The van der Waals surface area contributed by atoms with Gasteiger partial charge in [0.2, 0.25) is 0 Å². The highest BCUT2D eigenvalue weighted by Gasteiger charge is 2.20. The summed E-state index contributed by atoms with van der Waals surface area (Å²) in [5.74, 6) is 0.865. The molecule has 1 aromatic carbocycles. The second-order valence-electron chi connectivity index (χ2n) is 3.23. The van der Waals surface area contributed by atoms with Crippen molar-refractivity contribution in [2.75, 3.05) is 13.2 Å². The van der Waals surface area contributed by atoms with Crippen molar-refractivity contribution in [3.63, 3.8) is 0 Å². The van der Waals surface area contributed by atoms with E-state index in [-0.39, 0.29) is 6.10 Å². The first kappa shape index (κ1) is 9.96. The van der Waals surface area contributed by atoms with Crippen LogP contribution in [0.25, 0.3) is 0 Å². The lowest BCUT2D eigenvalue weighted by molar-refractivity contribution is -0.0799. The van der Waals surface area contributed by atoms with Gasteiger partial charge in [-0.2, -0.15) is 0 Å². The lowest BCUT2D eigenvalue weighted by Gasteiger charge is -2.27. The zero-order valence-electron chi connectivity index (χ0n) is 7.70. The third kappa shape index (κ3) is 2.08. The van der Waals surface area contributed by atoms with Gasteiger partial charge >= 0.3 is 0 Å². The van der Waals surface area contributed by atoms with Gasteiger partial charge in [-0.1, -0.05) is 15.9 Å². The Morgan fingerprint density at radius 2 is 2.29 bits per heavy atom. The average molecular weight is 258 g/mol. The molecule has 0 atom stereocenters. The fraction of sp³-hybridized carbons (Fsp3) is 0.400. The first-order valence-electron chi connectivity index (χ1n) is 4.52. The summed E-state index contributed by atoms with van der Waals surface area (Å²) < 4.78 is 11.8. The van der Waals surface area contributed by atoms with Gasteiger partial charge in [0.1, 0.15) is 11.9 Å². The van der Waals surface area contributed by atoms with Crippen LogP contribution in [0, 0.1) is 0 Å². The molecule has 0 aromatic heterocycles. The number of ether oxygens (including phenoxy) is 2. The molecule has 1 saturated heterocycles. The maximum atomic E-state index is 5.70. The van der Waals surface area contributed by atoms with Gasteiger partial charge in [-0.05, 0) is 18.2 Å². The molecule has 1 heterocycles. The maximum absolute atomic E-state index is 5.70. The van der Waals surface area contributed by atoms with Gasteiger partial charge in [0.25, 0.3) is 0 Å². The molecule has 4 heteroatoms. The molecule has 1 aliphatic rings. The highest BCUT2D eigenvalue weighted by molar-refractivity contribution is 9.10. The number of hydrogen-bond donors (Lipinski definition) is 1. The average Bonchev–Trinajstić information content (AvgIpc) is 2.13. The molecule has 0 aliphatic carbocycles. The molecule has 0 unspecified atom stereocenters. The maximum Gasteiger partial charge on any atom is 0.145 e. The number of benzene rings is 1. The smallest absolute Gasteiger partial charge is 0.145 e. The second kappa shape index (κ2) is 4.29. The first-order valence-corrected chi connectivity index (χ1v) is 5.32. The van der Waals surface area contributed by atoms with Gasteiger partial charge in [-0.25, -0.2) is 0 Å². The highest BCUT2D eigenvalue weighted by atomic mass is 79.9. The van der Waals surface area contributed by atoms with Crippen LogP contribution in [0.1, 0.15) is 5.56 Å². The lowest BCUT2D eigenvalue weighted by Crippen LogP contribution is -2.38. The molecule has 1 fully saturated rings. The van der Waals surface area contributed by atoms with E-state index in [4.69, 9.17) is 15.2 Å². The highest BCUT2D eigenvalue weighted by Crippen LogP contribution is 2.24. The predicted octanol–water partition coefficient (Wildman–Crippen LogP) is 1.69. The van der Waals surface area contributed by atoms with E-state index in [0.29, 0.717) is 19.8 Å². The van der Waals surface area contributed by atoms with E-state index in [1.165, 1.54) is 0 Å². The molecule has 1 aromatic rings. The Hall–Kier alpha value is -0.580. The summed E-state index contributed by atoms with van der Waals surface area (Å²) in [5, 5.41) is 0. The summed E-state index contributed by atoms with van der Waals surface area (Å²) in [6.45, 7) is 1.85. The van der Waals surface area contributed by atoms with E-state index in [1.807, 2.05) is 18.2 Å². The third-order valence-electron chi connectivity index (χ3n) is 2.14. The summed E-state index contributed by atoms with van der Waals surface area (Å²) in [6, 6.07) is 5.87. The number of hydrogen-bond acceptors (Lipinski definition) is 3. The zero-order valence-corrected chi connectivity index (χ0v) is 9.29. The first-order chi connectivity index (χ1) is 6.79. The molecule has 76 valence electrons. The molecule has 1 aliphatic heterocycles. The summed E-state index contributed by atoms with van der Waals surface area (Å²) in [4.78, 5) is 0. The Kier molecular flexibility index (Phi) is 3.05. The summed E-state index contributed by atoms with van der Waals surface area (Å²) in [7, 11) is 0. The van der Waals surface area contributed by atoms with Gasteiger partial charge in [-0.3, -0.25) is 0 Å². The van der Waals surface area contributed by atoms with Crippen LogP contribution in [0.3, 0.4) is 0 Å². The van der Waals surface area contributed by atoms with Crippen molar-refractivity contribution in [3.05, 3.63) is 28.2 Å². The molecule has 0 bridgehead atoms. The van der Waals surface area contributed by atoms with Crippen LogP contribution in [0.2, 0.25) is 0 Å². The zero-order chi connectivity index (χ0) is 9.97. The van der Waals surface area contributed by atoms with Crippen LogP contribution in [0.15, 0.2) is 22.7 Å². The monoisotopic (exact) mass is 257 g/mol. The predicted molar refractivity (Wildman–Crippen MR) is 57.3 cm³/mol. The Labute approximate surface area is 91.3 Å².